The van der Waals surface area contributed by atoms with E-state index in [9.17, 15) is 5.11 Å². The number of aromatic nitrogens is 2. The number of aryl methyl sites for hydroxylation is 1. The van der Waals surface area contributed by atoms with Crippen LogP contribution in [0.15, 0.2) is 22.0 Å². The van der Waals surface area contributed by atoms with Crippen LogP contribution in [-0.4, -0.2) is 45.4 Å². The molecule has 1 aliphatic rings. The Balaban J connectivity index is 1.52. The van der Waals surface area contributed by atoms with Gasteiger partial charge < -0.3 is 9.63 Å². The van der Waals surface area contributed by atoms with E-state index in [1.165, 1.54) is 12.8 Å². The summed E-state index contributed by atoms with van der Waals surface area (Å²) in [5.41, 5.74) is 0. The van der Waals surface area contributed by atoms with Gasteiger partial charge in [0.25, 0.3) is 0 Å². The molecule has 3 heterocycles. The lowest BCUT2D eigenvalue weighted by atomic mass is 9.96. The normalized spacial score (nSPS) is 23.0. The first-order valence-electron chi connectivity index (χ1n) is 8.01. The van der Waals surface area contributed by atoms with E-state index in [2.05, 4.69) is 22.0 Å². The highest BCUT2D eigenvalue weighted by molar-refractivity contribution is 7.13. The van der Waals surface area contributed by atoms with Gasteiger partial charge in [-0.1, -0.05) is 17.6 Å². The van der Waals surface area contributed by atoms with E-state index >= 15 is 0 Å². The molecule has 5 nitrogen and oxygen atoms in total. The largest absolute Gasteiger partial charge is 0.395 e. The Morgan fingerprint density at radius 1 is 1.45 bits per heavy atom. The summed E-state index contributed by atoms with van der Waals surface area (Å²) in [6.45, 7) is 3.49. The average Bonchev–Trinajstić information content (AvgIpc) is 3.19. The first-order chi connectivity index (χ1) is 10.8. The number of thiophene rings is 1. The zero-order valence-electron chi connectivity index (χ0n) is 12.9. The van der Waals surface area contributed by atoms with Gasteiger partial charge in [-0.25, -0.2) is 0 Å². The summed E-state index contributed by atoms with van der Waals surface area (Å²) in [6, 6.07) is 4.85. The minimum Gasteiger partial charge on any atom is -0.395 e. The molecule has 1 saturated heterocycles. The van der Waals surface area contributed by atoms with E-state index in [4.69, 9.17) is 4.52 Å². The van der Waals surface area contributed by atoms with Crippen LogP contribution in [0.5, 0.6) is 0 Å². The molecule has 2 atom stereocenters. The van der Waals surface area contributed by atoms with Gasteiger partial charge in [0.05, 0.1) is 11.5 Å². The molecule has 2 aromatic rings. The Morgan fingerprint density at radius 3 is 3.14 bits per heavy atom. The fourth-order valence-corrected chi connectivity index (χ4v) is 3.86. The van der Waals surface area contributed by atoms with Crippen molar-refractivity contribution in [2.24, 2.45) is 0 Å². The third kappa shape index (κ3) is 3.56. The van der Waals surface area contributed by atoms with Gasteiger partial charge in [-0.3, -0.25) is 4.90 Å². The quantitative estimate of drug-likeness (QED) is 0.886. The highest BCUT2D eigenvalue weighted by Crippen LogP contribution is 2.24. The third-order valence-electron chi connectivity index (χ3n) is 4.42. The molecule has 22 heavy (non-hydrogen) atoms. The van der Waals surface area contributed by atoms with Crippen molar-refractivity contribution in [2.75, 3.05) is 13.2 Å². The fraction of sp³-hybridized carbons (Fsp3) is 0.625. The maximum atomic E-state index is 9.52. The van der Waals surface area contributed by atoms with Crippen molar-refractivity contribution in [1.29, 1.82) is 0 Å². The van der Waals surface area contributed by atoms with Crippen molar-refractivity contribution in [2.45, 2.75) is 51.1 Å². The van der Waals surface area contributed by atoms with Gasteiger partial charge in [0.15, 0.2) is 0 Å². The monoisotopic (exact) mass is 321 g/mol. The SMILES string of the molecule is CC1CCCC(CO)N1CCCc1nc(-c2cccs2)no1. The molecule has 0 saturated carbocycles. The molecule has 1 fully saturated rings. The number of likely N-dealkylation sites (tertiary alicyclic amines) is 1. The zero-order chi connectivity index (χ0) is 15.4. The van der Waals surface area contributed by atoms with Crippen LogP contribution in [0.3, 0.4) is 0 Å². The number of aliphatic hydroxyl groups is 1. The van der Waals surface area contributed by atoms with Crippen LogP contribution in [0.2, 0.25) is 0 Å². The van der Waals surface area contributed by atoms with Crippen LogP contribution in [-0.2, 0) is 6.42 Å². The first-order valence-corrected chi connectivity index (χ1v) is 8.89. The number of hydrogen-bond donors (Lipinski definition) is 1. The van der Waals surface area contributed by atoms with Gasteiger partial charge in [-0.15, -0.1) is 11.3 Å². The van der Waals surface area contributed by atoms with Crippen LogP contribution in [0.4, 0.5) is 0 Å². The summed E-state index contributed by atoms with van der Waals surface area (Å²) >= 11 is 1.62. The Hall–Kier alpha value is -1.24. The van der Waals surface area contributed by atoms with Crippen LogP contribution < -0.4 is 0 Å². The summed E-state index contributed by atoms with van der Waals surface area (Å²) in [4.78, 5) is 7.93. The third-order valence-corrected chi connectivity index (χ3v) is 5.29. The molecule has 0 bridgehead atoms. The molecule has 0 spiro atoms. The predicted molar refractivity (Wildman–Crippen MR) is 86.8 cm³/mol. The standard InChI is InChI=1S/C16H23N3O2S/c1-12-5-2-6-13(11-20)19(12)9-3-8-15-17-16(18-21-15)14-7-4-10-22-14/h4,7,10,12-13,20H,2-3,5-6,8-9,11H2,1H3. The van der Waals surface area contributed by atoms with E-state index in [1.54, 1.807) is 11.3 Å². The Morgan fingerprint density at radius 2 is 2.36 bits per heavy atom. The first kappa shape index (κ1) is 15.6. The molecule has 0 aromatic carbocycles. The molecule has 0 aliphatic carbocycles. The number of rotatable bonds is 6. The van der Waals surface area contributed by atoms with Crippen LogP contribution in [0, 0.1) is 0 Å². The summed E-state index contributed by atoms with van der Waals surface area (Å²) in [5, 5.41) is 15.6. The molecule has 0 amide bonds. The highest BCUT2D eigenvalue weighted by atomic mass is 32.1. The van der Waals surface area contributed by atoms with Crippen LogP contribution in [0.25, 0.3) is 10.7 Å². The molecule has 1 aliphatic heterocycles. The van der Waals surface area contributed by atoms with Crippen molar-refractivity contribution < 1.29 is 9.63 Å². The predicted octanol–water partition coefficient (Wildman–Crippen LogP) is 2.97. The van der Waals surface area contributed by atoms with E-state index < -0.39 is 0 Å². The van der Waals surface area contributed by atoms with E-state index in [1.807, 2.05) is 17.5 Å². The summed E-state index contributed by atoms with van der Waals surface area (Å²) in [7, 11) is 0. The lowest BCUT2D eigenvalue weighted by Gasteiger charge is -2.39. The van der Waals surface area contributed by atoms with Gasteiger partial charge in [0, 0.05) is 18.5 Å². The van der Waals surface area contributed by atoms with Crippen molar-refractivity contribution in [3.8, 4) is 10.7 Å². The fourth-order valence-electron chi connectivity index (χ4n) is 3.21. The maximum Gasteiger partial charge on any atom is 0.227 e. The molecule has 6 heteroatoms. The van der Waals surface area contributed by atoms with Gasteiger partial charge >= 0.3 is 0 Å². The maximum absolute atomic E-state index is 9.52. The smallest absolute Gasteiger partial charge is 0.227 e. The van der Waals surface area contributed by atoms with E-state index in [0.29, 0.717) is 23.8 Å². The molecule has 2 unspecified atom stereocenters. The molecule has 2 aromatic heterocycles. The topological polar surface area (TPSA) is 62.4 Å². The highest BCUT2D eigenvalue weighted by Gasteiger charge is 2.26. The minimum atomic E-state index is 0.257. The van der Waals surface area contributed by atoms with Crippen molar-refractivity contribution in [3.05, 3.63) is 23.4 Å². The Labute approximate surface area is 135 Å². The summed E-state index contributed by atoms with van der Waals surface area (Å²) in [6.07, 6.45) is 5.31. The summed E-state index contributed by atoms with van der Waals surface area (Å²) in [5.74, 6) is 1.39. The Kier molecular flexibility index (Phi) is 5.23. The lowest BCUT2D eigenvalue weighted by molar-refractivity contribution is 0.0506. The number of hydrogen-bond acceptors (Lipinski definition) is 6. The zero-order valence-corrected chi connectivity index (χ0v) is 13.8. The van der Waals surface area contributed by atoms with Crippen molar-refractivity contribution >= 4 is 11.3 Å². The second-order valence-electron chi connectivity index (χ2n) is 5.95. The number of aliphatic hydroxyl groups excluding tert-OH is 1. The van der Waals surface area contributed by atoms with Gasteiger partial charge in [0.2, 0.25) is 11.7 Å². The molecule has 1 N–H and O–H groups in total. The second-order valence-corrected chi connectivity index (χ2v) is 6.89. The van der Waals surface area contributed by atoms with Gasteiger partial charge in [-0.05, 0) is 44.2 Å². The van der Waals surface area contributed by atoms with E-state index in [0.717, 1.165) is 30.7 Å². The molecule has 120 valence electrons. The molecule has 3 rings (SSSR count). The molecular weight excluding hydrogens is 298 g/mol. The Bertz CT molecular complexity index is 570. The summed E-state index contributed by atoms with van der Waals surface area (Å²) < 4.78 is 5.34. The number of nitrogens with zero attached hydrogens (tertiary/aromatic N) is 3. The number of piperidine rings is 1. The average molecular weight is 321 g/mol. The molecule has 0 radical (unpaired) electrons. The van der Waals surface area contributed by atoms with Crippen LogP contribution >= 0.6 is 11.3 Å². The van der Waals surface area contributed by atoms with Gasteiger partial charge in [-0.2, -0.15) is 4.98 Å². The minimum absolute atomic E-state index is 0.257. The molecular formula is C16H23N3O2S. The van der Waals surface area contributed by atoms with Crippen molar-refractivity contribution in [1.82, 2.24) is 15.0 Å². The lowest BCUT2D eigenvalue weighted by Crippen LogP contribution is -2.47. The second kappa shape index (κ2) is 7.35. The van der Waals surface area contributed by atoms with Crippen molar-refractivity contribution in [3.63, 3.8) is 0 Å². The van der Waals surface area contributed by atoms with Crippen LogP contribution in [0.1, 0.15) is 38.5 Å². The van der Waals surface area contributed by atoms with E-state index in [-0.39, 0.29) is 6.61 Å². The van der Waals surface area contributed by atoms with Gasteiger partial charge in [0.1, 0.15) is 0 Å².